The van der Waals surface area contributed by atoms with E-state index in [1.807, 2.05) is 26.8 Å². The first-order chi connectivity index (χ1) is 14.6. The largest absolute Gasteiger partial charge is 0.293 e. The average molecular weight is 525 g/mol. The number of rotatable bonds is 6. The lowest BCUT2D eigenvalue weighted by molar-refractivity contribution is 0.0220. The average Bonchev–Trinajstić information content (AvgIpc) is 3.14. The first kappa shape index (κ1) is 23.5. The van der Waals surface area contributed by atoms with Crippen LogP contribution in [0.3, 0.4) is 0 Å². The van der Waals surface area contributed by atoms with E-state index >= 15 is 0 Å². The molecule has 0 radical (unpaired) electrons. The Hall–Kier alpha value is -2.19. The van der Waals surface area contributed by atoms with Gasteiger partial charge < -0.3 is 0 Å². The Morgan fingerprint density at radius 1 is 1.16 bits per heavy atom. The molecule has 0 saturated heterocycles. The Balaban J connectivity index is 1.86. The van der Waals surface area contributed by atoms with Crippen LogP contribution in [-0.2, 0) is 17.0 Å². The summed E-state index contributed by atoms with van der Waals surface area (Å²) in [5.74, 6) is -0.904. The molecule has 1 heterocycles. The fraction of sp³-hybridized carbons (Fsp3) is 0.227. The molecule has 6 nitrogen and oxygen atoms in total. The van der Waals surface area contributed by atoms with Crippen molar-refractivity contribution < 1.29 is 14.4 Å². The van der Waals surface area contributed by atoms with E-state index in [0.29, 0.717) is 21.2 Å². The topological polar surface area (TPSA) is 73.2 Å². The molecule has 0 fully saturated rings. The van der Waals surface area contributed by atoms with Crippen molar-refractivity contribution in [1.82, 2.24) is 15.3 Å². The van der Waals surface area contributed by atoms with Crippen LogP contribution in [0.5, 0.6) is 0 Å². The molecule has 162 valence electrons. The van der Waals surface area contributed by atoms with E-state index in [1.54, 1.807) is 36.4 Å². The van der Waals surface area contributed by atoms with Gasteiger partial charge in [0.1, 0.15) is 12.3 Å². The second kappa shape index (κ2) is 9.53. The number of hydroxylamine groups is 1. The third-order valence-corrected chi connectivity index (χ3v) is 5.44. The number of carbonyl (C=O) groups is 2. The lowest BCUT2D eigenvalue weighted by Gasteiger charge is -2.22. The van der Waals surface area contributed by atoms with E-state index in [4.69, 9.17) is 28.0 Å². The van der Waals surface area contributed by atoms with E-state index < -0.39 is 11.4 Å². The number of nitrogens with one attached hydrogen (secondary N) is 1. The van der Waals surface area contributed by atoms with Crippen molar-refractivity contribution in [2.24, 2.45) is 0 Å². The van der Waals surface area contributed by atoms with Crippen LogP contribution in [0.25, 0.3) is 0 Å². The first-order valence-corrected chi connectivity index (χ1v) is 10.9. The van der Waals surface area contributed by atoms with Gasteiger partial charge >= 0.3 is 0 Å². The van der Waals surface area contributed by atoms with Crippen LogP contribution in [-0.4, -0.2) is 21.5 Å². The predicted molar refractivity (Wildman–Crippen MR) is 124 cm³/mol. The van der Waals surface area contributed by atoms with Gasteiger partial charge in [0.15, 0.2) is 5.78 Å². The van der Waals surface area contributed by atoms with Crippen molar-refractivity contribution in [2.45, 2.75) is 32.9 Å². The summed E-state index contributed by atoms with van der Waals surface area (Å²) in [6.07, 6.45) is 1.40. The maximum atomic E-state index is 13.1. The summed E-state index contributed by atoms with van der Waals surface area (Å²) in [6.45, 7) is 5.69. The summed E-state index contributed by atoms with van der Waals surface area (Å²) in [5.41, 5.74) is 3.23. The highest BCUT2D eigenvalue weighted by molar-refractivity contribution is 9.10. The van der Waals surface area contributed by atoms with Crippen LogP contribution in [0, 0.1) is 0 Å². The van der Waals surface area contributed by atoms with Gasteiger partial charge in [0.2, 0.25) is 0 Å². The maximum absolute atomic E-state index is 13.1. The van der Waals surface area contributed by atoms with E-state index in [9.17, 15) is 9.59 Å². The highest BCUT2D eigenvalue weighted by atomic mass is 79.9. The van der Waals surface area contributed by atoms with E-state index in [-0.39, 0.29) is 23.6 Å². The quantitative estimate of drug-likeness (QED) is 0.326. The zero-order valence-corrected chi connectivity index (χ0v) is 20.2. The van der Waals surface area contributed by atoms with Gasteiger partial charge in [-0.15, -0.1) is 0 Å². The normalized spacial score (nSPS) is 11.4. The Kier molecular flexibility index (Phi) is 7.21. The molecule has 0 saturated carbocycles. The molecule has 31 heavy (non-hydrogen) atoms. The molecule has 0 atom stereocenters. The van der Waals surface area contributed by atoms with Crippen molar-refractivity contribution in [3.05, 3.63) is 85.6 Å². The zero-order valence-electron chi connectivity index (χ0n) is 17.1. The molecular formula is C22H20BrCl2N3O3. The van der Waals surface area contributed by atoms with Gasteiger partial charge in [0.25, 0.3) is 5.91 Å². The van der Waals surface area contributed by atoms with E-state index in [2.05, 4.69) is 26.5 Å². The predicted octanol–water partition coefficient (Wildman–Crippen LogP) is 5.80. The standard InChI is InChI=1S/C22H20BrCl2N3O3/c1-22(2,3)28-19(17(11-26-28)20(29)13-5-4-6-15(23)9-13)21(30)27-31-12-14-7-8-16(24)10-18(14)25/h4-11H,12H2,1-3H3,(H,27,30). The molecule has 1 aromatic heterocycles. The minimum Gasteiger partial charge on any atom is -0.288 e. The molecule has 9 heteroatoms. The molecular weight excluding hydrogens is 505 g/mol. The molecule has 3 aromatic rings. The Bertz CT molecular complexity index is 1140. The third kappa shape index (κ3) is 5.54. The van der Waals surface area contributed by atoms with E-state index in [0.717, 1.165) is 4.47 Å². The van der Waals surface area contributed by atoms with Crippen molar-refractivity contribution in [3.8, 4) is 0 Å². The minimum absolute atomic E-state index is 0.0281. The van der Waals surface area contributed by atoms with Crippen LogP contribution >= 0.6 is 39.1 Å². The van der Waals surface area contributed by atoms with Gasteiger partial charge in [-0.25, -0.2) is 5.48 Å². The van der Waals surface area contributed by atoms with Crippen molar-refractivity contribution in [1.29, 1.82) is 0 Å². The summed E-state index contributed by atoms with van der Waals surface area (Å²) in [6, 6.07) is 11.9. The third-order valence-electron chi connectivity index (χ3n) is 4.36. The van der Waals surface area contributed by atoms with Gasteiger partial charge in [-0.2, -0.15) is 5.10 Å². The van der Waals surface area contributed by atoms with Gasteiger partial charge in [-0.3, -0.25) is 19.1 Å². The molecule has 1 N–H and O–H groups in total. The van der Waals surface area contributed by atoms with Crippen molar-refractivity contribution in [3.63, 3.8) is 0 Å². The number of hydrogen-bond donors (Lipinski definition) is 1. The Morgan fingerprint density at radius 2 is 1.90 bits per heavy atom. The van der Waals surface area contributed by atoms with Gasteiger partial charge in [0.05, 0.1) is 17.3 Å². The molecule has 2 aromatic carbocycles. The Morgan fingerprint density at radius 3 is 2.55 bits per heavy atom. The van der Waals surface area contributed by atoms with Crippen LogP contribution in [0.2, 0.25) is 10.0 Å². The van der Waals surface area contributed by atoms with Gasteiger partial charge in [0, 0.05) is 20.1 Å². The summed E-state index contributed by atoms with van der Waals surface area (Å²) < 4.78 is 2.27. The number of benzene rings is 2. The van der Waals surface area contributed by atoms with Crippen molar-refractivity contribution in [2.75, 3.05) is 0 Å². The summed E-state index contributed by atoms with van der Waals surface area (Å²) in [4.78, 5) is 31.5. The van der Waals surface area contributed by atoms with E-state index in [1.165, 1.54) is 10.9 Å². The van der Waals surface area contributed by atoms with Gasteiger partial charge in [-0.05, 0) is 50.6 Å². The minimum atomic E-state index is -0.587. The number of hydrogen-bond acceptors (Lipinski definition) is 4. The molecule has 3 rings (SSSR count). The second-order valence-corrected chi connectivity index (χ2v) is 9.54. The number of aromatic nitrogens is 2. The number of ketones is 1. The molecule has 0 aliphatic rings. The summed E-state index contributed by atoms with van der Waals surface area (Å²) in [7, 11) is 0. The lowest BCUT2D eigenvalue weighted by atomic mass is 10.0. The smallest absolute Gasteiger partial charge is 0.288 e. The molecule has 0 aliphatic carbocycles. The lowest BCUT2D eigenvalue weighted by Crippen LogP contribution is -2.33. The fourth-order valence-electron chi connectivity index (χ4n) is 2.89. The van der Waals surface area contributed by atoms with Crippen LogP contribution in [0.4, 0.5) is 0 Å². The zero-order chi connectivity index (χ0) is 22.8. The van der Waals surface area contributed by atoms with Crippen LogP contribution in [0.15, 0.2) is 53.1 Å². The summed E-state index contributed by atoms with van der Waals surface area (Å²) >= 11 is 15.4. The van der Waals surface area contributed by atoms with Crippen molar-refractivity contribution >= 4 is 50.8 Å². The summed E-state index contributed by atoms with van der Waals surface area (Å²) in [5, 5.41) is 5.23. The number of carbonyl (C=O) groups excluding carboxylic acids is 2. The highest BCUT2D eigenvalue weighted by Gasteiger charge is 2.29. The Labute approximate surface area is 198 Å². The molecule has 0 unspecified atom stereocenters. The number of amides is 1. The van der Waals surface area contributed by atoms with Crippen LogP contribution in [0.1, 0.15) is 52.7 Å². The van der Waals surface area contributed by atoms with Crippen LogP contribution < -0.4 is 5.48 Å². The second-order valence-electron chi connectivity index (χ2n) is 7.78. The SMILES string of the molecule is CC(C)(C)n1ncc(C(=O)c2cccc(Br)c2)c1C(=O)NOCc1ccc(Cl)cc1Cl. The number of halogens is 3. The molecule has 0 spiro atoms. The molecule has 0 aliphatic heterocycles. The highest BCUT2D eigenvalue weighted by Crippen LogP contribution is 2.24. The first-order valence-electron chi connectivity index (χ1n) is 9.33. The monoisotopic (exact) mass is 523 g/mol. The number of nitrogens with zero attached hydrogens (tertiary/aromatic N) is 2. The maximum Gasteiger partial charge on any atom is 0.293 e. The fourth-order valence-corrected chi connectivity index (χ4v) is 3.76. The van der Waals surface area contributed by atoms with Gasteiger partial charge in [-0.1, -0.05) is 57.3 Å². The molecule has 1 amide bonds. The molecule has 0 bridgehead atoms.